The molecule has 0 atom stereocenters. The molecule has 0 amide bonds. The monoisotopic (exact) mass is 289 g/mol. The quantitative estimate of drug-likeness (QED) is 0.257. The van der Waals surface area contributed by atoms with E-state index in [0.29, 0.717) is 6.42 Å². The zero-order valence-corrected chi connectivity index (χ0v) is 12.4. The van der Waals surface area contributed by atoms with Gasteiger partial charge in [0, 0.05) is 18.9 Å². The number of sulfonamides is 1. The Morgan fingerprint density at radius 1 is 1.21 bits per heavy atom. The van der Waals surface area contributed by atoms with Gasteiger partial charge in [-0.2, -0.15) is 0 Å². The van der Waals surface area contributed by atoms with Crippen molar-refractivity contribution < 1.29 is 22.7 Å². The van der Waals surface area contributed by atoms with Gasteiger partial charge in [0.05, 0.1) is 6.26 Å². The molecule has 0 saturated heterocycles. The number of ketones is 1. The van der Waals surface area contributed by atoms with Crippen LogP contribution in [0.3, 0.4) is 0 Å². The molecule has 0 heterocycles. The Hall–Kier alpha value is -1.39. The van der Waals surface area contributed by atoms with Gasteiger partial charge in [-0.3, -0.25) is 4.79 Å². The molecule has 0 aliphatic heterocycles. The van der Waals surface area contributed by atoms with Gasteiger partial charge in [0.2, 0.25) is 15.8 Å². The number of ether oxygens (including phenoxy) is 1. The third kappa shape index (κ3) is 12.9. The van der Waals surface area contributed by atoms with Gasteiger partial charge in [-0.25, -0.2) is 17.9 Å². The number of rotatable bonds is 5. The molecule has 0 fully saturated rings. The van der Waals surface area contributed by atoms with E-state index in [9.17, 15) is 18.0 Å². The van der Waals surface area contributed by atoms with Crippen molar-refractivity contribution in [2.75, 3.05) is 12.8 Å². The summed E-state index contributed by atoms with van der Waals surface area (Å²) in [5, 5.41) is 0. The summed E-state index contributed by atoms with van der Waals surface area (Å²) in [6.07, 6.45) is 1.45. The van der Waals surface area contributed by atoms with E-state index in [1.54, 1.807) is 20.8 Å². The van der Waals surface area contributed by atoms with E-state index in [1.165, 1.54) is 0 Å². The first-order valence-corrected chi connectivity index (χ1v) is 7.61. The van der Waals surface area contributed by atoms with Crippen LogP contribution >= 0.6 is 0 Å². The van der Waals surface area contributed by atoms with Gasteiger partial charge in [-0.05, 0) is 33.1 Å². The van der Waals surface area contributed by atoms with E-state index >= 15 is 0 Å². The minimum atomic E-state index is -3.24. The molecule has 0 aliphatic rings. The van der Waals surface area contributed by atoms with Crippen LogP contribution in [-0.2, 0) is 24.3 Å². The molecule has 1 N–H and O–H groups in total. The molecule has 19 heavy (non-hydrogen) atoms. The standard InChI is InChI=1S/C12H19NO5S/c1-12(2,3)18-11(15)8-7-10(14)6-5-9-13-19(4,16)17/h13H,5-6,9H2,1-4H3. The zero-order chi connectivity index (χ0) is 15.1. The van der Waals surface area contributed by atoms with Crippen molar-refractivity contribution in [1.29, 1.82) is 0 Å². The smallest absolute Gasteiger partial charge is 0.385 e. The van der Waals surface area contributed by atoms with Crippen molar-refractivity contribution in [2.45, 2.75) is 39.2 Å². The number of carbonyl (C=O) groups is 2. The summed E-state index contributed by atoms with van der Waals surface area (Å²) in [5.74, 6) is 3.07. The highest BCUT2D eigenvalue weighted by atomic mass is 32.2. The van der Waals surface area contributed by atoms with E-state index in [2.05, 4.69) is 16.6 Å². The molecule has 7 heteroatoms. The molecule has 6 nitrogen and oxygen atoms in total. The lowest BCUT2D eigenvalue weighted by Crippen LogP contribution is -2.23. The molecule has 0 rings (SSSR count). The van der Waals surface area contributed by atoms with E-state index in [0.717, 1.165) is 6.26 Å². The number of Topliss-reactive ketones (excluding diaryl/α,β-unsaturated/α-hetero) is 1. The molecule has 0 saturated carbocycles. The molecule has 0 aromatic rings. The average Bonchev–Trinajstić information content (AvgIpc) is 2.17. The van der Waals surface area contributed by atoms with Crippen molar-refractivity contribution in [3.63, 3.8) is 0 Å². The molecular formula is C12H19NO5S. The summed E-state index contributed by atoms with van der Waals surface area (Å²) in [6, 6.07) is 0. The highest BCUT2D eigenvalue weighted by Crippen LogP contribution is 2.06. The summed E-state index contributed by atoms with van der Waals surface area (Å²) < 4.78 is 28.6. The highest BCUT2D eigenvalue weighted by molar-refractivity contribution is 7.88. The van der Waals surface area contributed by atoms with Crippen LogP contribution in [0.5, 0.6) is 0 Å². The zero-order valence-electron chi connectivity index (χ0n) is 11.6. The second-order valence-corrected chi connectivity index (χ2v) is 6.78. The van der Waals surface area contributed by atoms with Crippen molar-refractivity contribution >= 4 is 21.8 Å². The maximum atomic E-state index is 11.3. The van der Waals surface area contributed by atoms with E-state index in [4.69, 9.17) is 4.74 Å². The molecule has 0 aromatic heterocycles. The number of hydrogen-bond donors (Lipinski definition) is 1. The predicted molar refractivity (Wildman–Crippen MR) is 70.7 cm³/mol. The van der Waals surface area contributed by atoms with E-state index < -0.39 is 27.4 Å². The van der Waals surface area contributed by atoms with Gasteiger partial charge < -0.3 is 4.74 Å². The van der Waals surface area contributed by atoms with E-state index in [1.807, 2.05) is 0 Å². The average molecular weight is 289 g/mol. The first-order chi connectivity index (χ1) is 8.49. The van der Waals surface area contributed by atoms with Crippen molar-refractivity contribution in [2.24, 2.45) is 0 Å². The fourth-order valence-corrected chi connectivity index (χ4v) is 1.51. The normalized spacial score (nSPS) is 11.4. The number of hydrogen-bond acceptors (Lipinski definition) is 5. The Balaban J connectivity index is 4.03. The maximum absolute atomic E-state index is 11.3. The molecule has 0 spiro atoms. The van der Waals surface area contributed by atoms with Gasteiger partial charge in [-0.15, -0.1) is 0 Å². The molecule has 0 bridgehead atoms. The van der Waals surface area contributed by atoms with Crippen molar-refractivity contribution in [3.8, 4) is 11.8 Å². The van der Waals surface area contributed by atoms with Crippen LogP contribution in [0, 0.1) is 11.8 Å². The lowest BCUT2D eigenvalue weighted by Gasteiger charge is -2.16. The lowest BCUT2D eigenvalue weighted by atomic mass is 10.2. The summed E-state index contributed by atoms with van der Waals surface area (Å²) in [5.41, 5.74) is -0.645. The second-order valence-electron chi connectivity index (χ2n) is 4.95. The maximum Gasteiger partial charge on any atom is 0.385 e. The Morgan fingerprint density at radius 2 is 1.79 bits per heavy atom. The SMILES string of the molecule is CC(C)(C)OC(=O)C#CC(=O)CCCNS(C)(=O)=O. The number of nitrogens with one attached hydrogen (secondary N) is 1. The van der Waals surface area contributed by atoms with Gasteiger partial charge in [0.1, 0.15) is 5.60 Å². The molecule has 0 aliphatic carbocycles. The Bertz CT molecular complexity index is 490. The topological polar surface area (TPSA) is 89.5 Å². The molecular weight excluding hydrogens is 270 g/mol. The van der Waals surface area contributed by atoms with Crippen molar-refractivity contribution in [1.82, 2.24) is 4.72 Å². The van der Waals surface area contributed by atoms with Crippen molar-refractivity contribution in [3.05, 3.63) is 0 Å². The molecule has 0 unspecified atom stereocenters. The van der Waals surface area contributed by atoms with Crippen LogP contribution in [0.2, 0.25) is 0 Å². The third-order valence-electron chi connectivity index (χ3n) is 1.65. The fourth-order valence-electron chi connectivity index (χ4n) is 0.993. The minimum Gasteiger partial charge on any atom is -0.450 e. The molecule has 0 radical (unpaired) electrons. The molecule has 108 valence electrons. The summed E-state index contributed by atoms with van der Waals surface area (Å²) in [6.45, 7) is 5.26. The number of esters is 1. The summed E-state index contributed by atoms with van der Waals surface area (Å²) in [4.78, 5) is 22.5. The van der Waals surface area contributed by atoms with Crippen LogP contribution in [-0.4, -0.2) is 38.6 Å². The fraction of sp³-hybridized carbons (Fsp3) is 0.667. The highest BCUT2D eigenvalue weighted by Gasteiger charge is 2.14. The van der Waals surface area contributed by atoms with Gasteiger partial charge in [0.25, 0.3) is 0 Å². The van der Waals surface area contributed by atoms with Crippen LogP contribution in [0.1, 0.15) is 33.6 Å². The van der Waals surface area contributed by atoms with Crippen LogP contribution < -0.4 is 4.72 Å². The Labute approximate surface area is 114 Å². The number of carbonyl (C=O) groups excluding carboxylic acids is 2. The van der Waals surface area contributed by atoms with Crippen LogP contribution in [0.15, 0.2) is 0 Å². The van der Waals surface area contributed by atoms with Gasteiger partial charge in [0.15, 0.2) is 0 Å². The lowest BCUT2D eigenvalue weighted by molar-refractivity contribution is -0.147. The first-order valence-electron chi connectivity index (χ1n) is 5.72. The third-order valence-corrected chi connectivity index (χ3v) is 2.38. The minimum absolute atomic E-state index is 0.0817. The van der Waals surface area contributed by atoms with E-state index in [-0.39, 0.29) is 13.0 Å². The predicted octanol–water partition coefficient (Wildman–Crippen LogP) is 0.230. The summed E-state index contributed by atoms with van der Waals surface area (Å²) >= 11 is 0. The van der Waals surface area contributed by atoms with Gasteiger partial charge >= 0.3 is 5.97 Å². The largest absolute Gasteiger partial charge is 0.450 e. The summed E-state index contributed by atoms with van der Waals surface area (Å²) in [7, 11) is -3.24. The Kier molecular flexibility index (Phi) is 6.73. The first kappa shape index (κ1) is 17.6. The molecule has 0 aromatic carbocycles. The van der Waals surface area contributed by atoms with Gasteiger partial charge in [-0.1, -0.05) is 0 Å². The van der Waals surface area contributed by atoms with Crippen LogP contribution in [0.25, 0.3) is 0 Å². The Morgan fingerprint density at radius 3 is 2.26 bits per heavy atom. The second kappa shape index (κ2) is 7.26. The van der Waals surface area contributed by atoms with Crippen LogP contribution in [0.4, 0.5) is 0 Å².